The Morgan fingerprint density at radius 2 is 1.84 bits per heavy atom. The molecule has 0 bridgehead atoms. The highest BCUT2D eigenvalue weighted by Crippen LogP contribution is 2.23. The summed E-state index contributed by atoms with van der Waals surface area (Å²) in [6.45, 7) is 2.73. The summed E-state index contributed by atoms with van der Waals surface area (Å²) < 4.78 is 13.6. The summed E-state index contributed by atoms with van der Waals surface area (Å²) in [4.78, 5) is 0. The molecule has 0 heterocycles. The molecule has 0 saturated heterocycles. The van der Waals surface area contributed by atoms with Crippen LogP contribution in [0.3, 0.4) is 0 Å². The lowest BCUT2D eigenvalue weighted by molar-refractivity contribution is 0.601. The first-order chi connectivity index (χ1) is 9.24. The van der Waals surface area contributed by atoms with E-state index in [0.29, 0.717) is 12.1 Å². The number of rotatable bonds is 5. The molecule has 100 valence electrons. The van der Waals surface area contributed by atoms with Gasteiger partial charge in [-0.15, -0.1) is 0 Å². The fourth-order valence-electron chi connectivity index (χ4n) is 2.28. The number of halogens is 1. The van der Waals surface area contributed by atoms with Crippen LogP contribution in [-0.4, -0.2) is 7.05 Å². The lowest BCUT2D eigenvalue weighted by atomic mass is 9.99. The van der Waals surface area contributed by atoms with Crippen molar-refractivity contribution < 1.29 is 4.39 Å². The van der Waals surface area contributed by atoms with Crippen LogP contribution in [0.5, 0.6) is 0 Å². The fourth-order valence-corrected chi connectivity index (χ4v) is 2.28. The largest absolute Gasteiger partial charge is 0.316 e. The highest BCUT2D eigenvalue weighted by molar-refractivity contribution is 5.65. The van der Waals surface area contributed by atoms with Crippen molar-refractivity contribution in [3.05, 3.63) is 59.4 Å². The lowest BCUT2D eigenvalue weighted by Crippen LogP contribution is -2.07. The molecule has 0 spiro atoms. The Morgan fingerprint density at radius 3 is 2.58 bits per heavy atom. The first-order valence-corrected chi connectivity index (χ1v) is 6.77. The number of hydrogen-bond donors (Lipinski definition) is 1. The zero-order chi connectivity index (χ0) is 13.7. The second-order valence-corrected chi connectivity index (χ2v) is 4.79. The lowest BCUT2D eigenvalue weighted by Gasteiger charge is -2.08. The smallest absolute Gasteiger partial charge is 0.127 e. The Labute approximate surface area is 114 Å². The van der Waals surface area contributed by atoms with E-state index in [4.69, 9.17) is 0 Å². The summed E-state index contributed by atoms with van der Waals surface area (Å²) in [5, 5.41) is 3.00. The van der Waals surface area contributed by atoms with Gasteiger partial charge >= 0.3 is 0 Å². The van der Waals surface area contributed by atoms with Crippen LogP contribution in [0.1, 0.15) is 24.5 Å². The summed E-state index contributed by atoms with van der Waals surface area (Å²) in [5.74, 6) is -0.150. The Morgan fingerprint density at radius 1 is 1.05 bits per heavy atom. The molecular formula is C17H20FN. The van der Waals surface area contributed by atoms with Gasteiger partial charge in [-0.25, -0.2) is 4.39 Å². The molecule has 1 nitrogen and oxygen atoms in total. The highest BCUT2D eigenvalue weighted by atomic mass is 19.1. The standard InChI is InChI=1S/C17H20FN/c1-3-5-13-6-4-7-14(10-13)15-8-9-17(18)16(11-15)12-19-2/h4,6-11,19H,3,5,12H2,1-2H3. The zero-order valence-corrected chi connectivity index (χ0v) is 11.5. The molecule has 0 aliphatic rings. The third-order valence-corrected chi connectivity index (χ3v) is 3.21. The van der Waals surface area contributed by atoms with E-state index >= 15 is 0 Å². The van der Waals surface area contributed by atoms with Crippen LogP contribution in [0, 0.1) is 5.82 Å². The Hall–Kier alpha value is -1.67. The predicted molar refractivity (Wildman–Crippen MR) is 78.6 cm³/mol. The van der Waals surface area contributed by atoms with Crippen molar-refractivity contribution in [2.75, 3.05) is 7.05 Å². The van der Waals surface area contributed by atoms with Crippen molar-refractivity contribution in [2.45, 2.75) is 26.3 Å². The van der Waals surface area contributed by atoms with E-state index in [1.165, 1.54) is 5.56 Å². The van der Waals surface area contributed by atoms with Crippen molar-refractivity contribution >= 4 is 0 Å². The number of nitrogens with one attached hydrogen (secondary N) is 1. The van der Waals surface area contributed by atoms with Crippen molar-refractivity contribution in [1.82, 2.24) is 5.32 Å². The molecule has 0 aliphatic carbocycles. The molecule has 19 heavy (non-hydrogen) atoms. The second kappa shape index (κ2) is 6.48. The van der Waals surface area contributed by atoms with Crippen molar-refractivity contribution in [3.63, 3.8) is 0 Å². The molecular weight excluding hydrogens is 237 g/mol. The molecule has 0 saturated carbocycles. The van der Waals surface area contributed by atoms with Gasteiger partial charge in [-0.05, 0) is 42.3 Å². The topological polar surface area (TPSA) is 12.0 Å². The first kappa shape index (κ1) is 13.8. The van der Waals surface area contributed by atoms with Crippen LogP contribution in [0.2, 0.25) is 0 Å². The summed E-state index contributed by atoms with van der Waals surface area (Å²) in [6.07, 6.45) is 2.22. The van der Waals surface area contributed by atoms with Crippen LogP contribution in [-0.2, 0) is 13.0 Å². The van der Waals surface area contributed by atoms with Gasteiger partial charge in [-0.3, -0.25) is 0 Å². The molecule has 2 heteroatoms. The van der Waals surface area contributed by atoms with Crippen LogP contribution in [0.15, 0.2) is 42.5 Å². The summed E-state index contributed by atoms with van der Waals surface area (Å²) in [5.41, 5.74) is 4.27. The second-order valence-electron chi connectivity index (χ2n) is 4.79. The van der Waals surface area contributed by atoms with E-state index in [1.807, 2.05) is 19.2 Å². The first-order valence-electron chi connectivity index (χ1n) is 6.77. The van der Waals surface area contributed by atoms with Gasteiger partial charge in [0.25, 0.3) is 0 Å². The van der Waals surface area contributed by atoms with Gasteiger partial charge in [0.1, 0.15) is 5.82 Å². The van der Waals surface area contributed by atoms with E-state index in [1.54, 1.807) is 6.07 Å². The molecule has 0 amide bonds. The third kappa shape index (κ3) is 3.42. The van der Waals surface area contributed by atoms with Gasteiger partial charge in [-0.2, -0.15) is 0 Å². The maximum absolute atomic E-state index is 13.6. The van der Waals surface area contributed by atoms with E-state index < -0.39 is 0 Å². The van der Waals surface area contributed by atoms with E-state index in [-0.39, 0.29) is 5.82 Å². The van der Waals surface area contributed by atoms with Crippen LogP contribution in [0.4, 0.5) is 4.39 Å². The van der Waals surface area contributed by atoms with Crippen LogP contribution < -0.4 is 5.32 Å². The minimum atomic E-state index is -0.150. The molecule has 0 atom stereocenters. The normalized spacial score (nSPS) is 10.7. The van der Waals surface area contributed by atoms with Gasteiger partial charge in [0.05, 0.1) is 0 Å². The quantitative estimate of drug-likeness (QED) is 0.848. The molecule has 0 radical (unpaired) electrons. The van der Waals surface area contributed by atoms with Gasteiger partial charge in [0.15, 0.2) is 0 Å². The Bertz CT molecular complexity index is 549. The molecule has 2 aromatic rings. The SMILES string of the molecule is CCCc1cccc(-c2ccc(F)c(CNC)c2)c1. The van der Waals surface area contributed by atoms with Crippen LogP contribution >= 0.6 is 0 Å². The van der Waals surface area contributed by atoms with Gasteiger partial charge in [0.2, 0.25) is 0 Å². The number of benzene rings is 2. The molecule has 1 N–H and O–H groups in total. The van der Waals surface area contributed by atoms with Gasteiger partial charge in [-0.1, -0.05) is 43.7 Å². The van der Waals surface area contributed by atoms with Crippen molar-refractivity contribution in [3.8, 4) is 11.1 Å². The Balaban J connectivity index is 2.35. The average molecular weight is 257 g/mol. The summed E-state index contributed by atoms with van der Waals surface area (Å²) >= 11 is 0. The minimum Gasteiger partial charge on any atom is -0.316 e. The molecule has 0 aromatic heterocycles. The highest BCUT2D eigenvalue weighted by Gasteiger charge is 2.05. The fraction of sp³-hybridized carbons (Fsp3) is 0.294. The van der Waals surface area contributed by atoms with E-state index in [9.17, 15) is 4.39 Å². The van der Waals surface area contributed by atoms with Crippen molar-refractivity contribution in [2.24, 2.45) is 0 Å². The minimum absolute atomic E-state index is 0.150. The Kier molecular flexibility index (Phi) is 4.69. The number of hydrogen-bond acceptors (Lipinski definition) is 1. The summed E-state index contributed by atoms with van der Waals surface area (Å²) in [7, 11) is 1.83. The molecule has 0 unspecified atom stereocenters. The van der Waals surface area contributed by atoms with Crippen LogP contribution in [0.25, 0.3) is 11.1 Å². The monoisotopic (exact) mass is 257 g/mol. The maximum Gasteiger partial charge on any atom is 0.127 e. The van der Waals surface area contributed by atoms with E-state index in [2.05, 4.69) is 36.5 Å². The van der Waals surface area contributed by atoms with Gasteiger partial charge < -0.3 is 5.32 Å². The molecule has 2 rings (SSSR count). The van der Waals surface area contributed by atoms with Gasteiger partial charge in [0, 0.05) is 12.1 Å². The maximum atomic E-state index is 13.6. The summed E-state index contributed by atoms with van der Waals surface area (Å²) in [6, 6.07) is 13.8. The molecule has 0 fully saturated rings. The predicted octanol–water partition coefficient (Wildman–Crippen LogP) is 4.16. The number of aryl methyl sites for hydroxylation is 1. The van der Waals surface area contributed by atoms with E-state index in [0.717, 1.165) is 24.0 Å². The van der Waals surface area contributed by atoms with Crippen molar-refractivity contribution in [1.29, 1.82) is 0 Å². The third-order valence-electron chi connectivity index (χ3n) is 3.21. The average Bonchev–Trinajstić information content (AvgIpc) is 2.42. The molecule has 0 aliphatic heterocycles. The zero-order valence-electron chi connectivity index (χ0n) is 11.5. The molecule has 2 aromatic carbocycles.